The van der Waals surface area contributed by atoms with Gasteiger partial charge in [0.15, 0.2) is 0 Å². The second kappa shape index (κ2) is 7.25. The van der Waals surface area contributed by atoms with E-state index in [0.717, 1.165) is 38.9 Å². The first-order valence-electron chi connectivity index (χ1n) is 7.57. The molecule has 2 N–H and O–H groups in total. The smallest absolute Gasteiger partial charge is 0.222 e. The molecule has 112 valence electrons. The van der Waals surface area contributed by atoms with Gasteiger partial charge in [0.2, 0.25) is 5.91 Å². The molecule has 0 aromatic carbocycles. The van der Waals surface area contributed by atoms with Crippen LogP contribution in [0.1, 0.15) is 46.5 Å². The zero-order valence-corrected chi connectivity index (χ0v) is 13.1. The summed E-state index contributed by atoms with van der Waals surface area (Å²) in [5.41, 5.74) is 5.80. The molecule has 0 aliphatic carbocycles. The minimum absolute atomic E-state index is 0.182. The Morgan fingerprint density at radius 1 is 1.32 bits per heavy atom. The Morgan fingerprint density at radius 3 is 2.58 bits per heavy atom. The average Bonchev–Trinajstić information content (AvgIpc) is 2.36. The number of rotatable bonds is 6. The van der Waals surface area contributed by atoms with E-state index in [1.54, 1.807) is 0 Å². The van der Waals surface area contributed by atoms with Gasteiger partial charge in [-0.15, -0.1) is 0 Å². The van der Waals surface area contributed by atoms with E-state index in [4.69, 9.17) is 5.73 Å². The van der Waals surface area contributed by atoms with Crippen LogP contribution in [0.4, 0.5) is 0 Å². The molecule has 4 nitrogen and oxygen atoms in total. The van der Waals surface area contributed by atoms with Crippen molar-refractivity contribution in [1.82, 2.24) is 9.80 Å². The van der Waals surface area contributed by atoms with Gasteiger partial charge >= 0.3 is 0 Å². The Balaban J connectivity index is 2.41. The molecule has 1 saturated heterocycles. The summed E-state index contributed by atoms with van der Waals surface area (Å²) in [6.45, 7) is 10.1. The van der Waals surface area contributed by atoms with Gasteiger partial charge in [-0.25, -0.2) is 0 Å². The highest BCUT2D eigenvalue weighted by atomic mass is 16.2. The second-order valence-electron chi connectivity index (χ2n) is 6.59. The molecule has 1 unspecified atom stereocenters. The van der Waals surface area contributed by atoms with E-state index in [-0.39, 0.29) is 5.41 Å². The second-order valence-corrected chi connectivity index (χ2v) is 6.59. The zero-order chi connectivity index (χ0) is 14.5. The summed E-state index contributed by atoms with van der Waals surface area (Å²) in [7, 11) is 2.15. The molecule has 1 rings (SSSR count). The summed E-state index contributed by atoms with van der Waals surface area (Å²) in [5, 5.41) is 0. The van der Waals surface area contributed by atoms with E-state index in [2.05, 4.69) is 32.7 Å². The average molecular weight is 269 g/mol. The van der Waals surface area contributed by atoms with Crippen LogP contribution in [-0.2, 0) is 4.79 Å². The normalized spacial score (nSPS) is 21.7. The summed E-state index contributed by atoms with van der Waals surface area (Å²) < 4.78 is 0. The summed E-state index contributed by atoms with van der Waals surface area (Å²) in [4.78, 5) is 16.7. The third kappa shape index (κ3) is 5.11. The van der Waals surface area contributed by atoms with Crippen LogP contribution in [0.15, 0.2) is 0 Å². The summed E-state index contributed by atoms with van der Waals surface area (Å²) in [6, 6.07) is 0.523. The highest BCUT2D eigenvalue weighted by molar-refractivity contribution is 5.76. The molecule has 1 aliphatic rings. The lowest BCUT2D eigenvalue weighted by atomic mass is 9.84. The quantitative estimate of drug-likeness (QED) is 0.798. The monoisotopic (exact) mass is 269 g/mol. The van der Waals surface area contributed by atoms with Gasteiger partial charge in [0, 0.05) is 32.1 Å². The van der Waals surface area contributed by atoms with E-state index in [0.29, 0.717) is 24.9 Å². The zero-order valence-electron chi connectivity index (χ0n) is 13.1. The van der Waals surface area contributed by atoms with Crippen LogP contribution < -0.4 is 5.73 Å². The van der Waals surface area contributed by atoms with Crippen LogP contribution in [0.2, 0.25) is 0 Å². The lowest BCUT2D eigenvalue weighted by Crippen LogP contribution is -2.53. The number of likely N-dealkylation sites (N-methyl/N-ethyl adjacent to an activating group) is 1. The Labute approximate surface area is 118 Å². The van der Waals surface area contributed by atoms with Crippen molar-refractivity contribution < 1.29 is 4.79 Å². The first kappa shape index (κ1) is 16.4. The minimum atomic E-state index is 0.182. The number of carbonyl (C=O) groups is 1. The van der Waals surface area contributed by atoms with E-state index < -0.39 is 0 Å². The molecule has 1 aliphatic heterocycles. The van der Waals surface area contributed by atoms with E-state index in [9.17, 15) is 4.79 Å². The van der Waals surface area contributed by atoms with Crippen molar-refractivity contribution >= 4 is 5.91 Å². The molecule has 1 fully saturated rings. The summed E-state index contributed by atoms with van der Waals surface area (Å²) in [5.74, 6) is 0.316. The molecular weight excluding hydrogens is 238 g/mol. The van der Waals surface area contributed by atoms with Crippen LogP contribution in [0.25, 0.3) is 0 Å². The van der Waals surface area contributed by atoms with Gasteiger partial charge in [-0.05, 0) is 38.3 Å². The maximum absolute atomic E-state index is 12.3. The molecule has 1 atom stereocenters. The Kier molecular flexibility index (Phi) is 6.27. The number of nitrogens with two attached hydrogens (primary N) is 1. The topological polar surface area (TPSA) is 49.6 Å². The van der Waals surface area contributed by atoms with Crippen molar-refractivity contribution in [3.05, 3.63) is 0 Å². The van der Waals surface area contributed by atoms with E-state index in [1.807, 2.05) is 4.90 Å². The van der Waals surface area contributed by atoms with Crippen LogP contribution in [0.3, 0.4) is 0 Å². The number of amides is 1. The van der Waals surface area contributed by atoms with E-state index in [1.165, 1.54) is 0 Å². The fourth-order valence-corrected chi connectivity index (χ4v) is 2.73. The van der Waals surface area contributed by atoms with Crippen LogP contribution in [-0.4, -0.2) is 55.0 Å². The third-order valence-electron chi connectivity index (χ3n) is 4.44. The largest absolute Gasteiger partial charge is 0.340 e. The van der Waals surface area contributed by atoms with Gasteiger partial charge in [-0.2, -0.15) is 0 Å². The lowest BCUT2D eigenvalue weighted by molar-refractivity contribution is -0.134. The molecule has 4 heteroatoms. The van der Waals surface area contributed by atoms with Gasteiger partial charge in [0.25, 0.3) is 0 Å². The molecule has 0 aromatic heterocycles. The SMILES string of the molecule is CCC1CN(C(=O)CCC(C)(C)CCN)CCN1C. The first-order chi connectivity index (χ1) is 8.89. The van der Waals surface area contributed by atoms with Gasteiger partial charge in [0.1, 0.15) is 0 Å². The van der Waals surface area contributed by atoms with Crippen LogP contribution in [0, 0.1) is 5.41 Å². The molecule has 19 heavy (non-hydrogen) atoms. The van der Waals surface area contributed by atoms with Gasteiger partial charge in [-0.1, -0.05) is 20.8 Å². The number of nitrogens with zero attached hydrogens (tertiary/aromatic N) is 2. The molecule has 1 amide bonds. The van der Waals surface area contributed by atoms with Gasteiger partial charge in [-0.3, -0.25) is 9.69 Å². The number of hydrogen-bond donors (Lipinski definition) is 1. The molecular formula is C15H31N3O. The predicted octanol–water partition coefficient (Wildman–Crippen LogP) is 1.69. The number of piperazine rings is 1. The van der Waals surface area contributed by atoms with Crippen molar-refractivity contribution in [2.75, 3.05) is 33.2 Å². The van der Waals surface area contributed by atoms with Crippen molar-refractivity contribution in [3.63, 3.8) is 0 Å². The van der Waals surface area contributed by atoms with E-state index >= 15 is 0 Å². The lowest BCUT2D eigenvalue weighted by Gasteiger charge is -2.39. The maximum atomic E-state index is 12.3. The van der Waals surface area contributed by atoms with Crippen molar-refractivity contribution in [3.8, 4) is 0 Å². The standard InChI is InChI=1S/C15H31N3O/c1-5-13-12-18(11-10-17(13)4)14(19)6-7-15(2,3)8-9-16/h13H,5-12,16H2,1-4H3. The minimum Gasteiger partial charge on any atom is -0.340 e. The Bertz CT molecular complexity index is 291. The summed E-state index contributed by atoms with van der Waals surface area (Å²) >= 11 is 0. The fourth-order valence-electron chi connectivity index (χ4n) is 2.73. The molecule has 0 saturated carbocycles. The fraction of sp³-hybridized carbons (Fsp3) is 0.933. The van der Waals surface area contributed by atoms with Gasteiger partial charge in [0.05, 0.1) is 0 Å². The Morgan fingerprint density at radius 2 is 2.00 bits per heavy atom. The highest BCUT2D eigenvalue weighted by Gasteiger charge is 2.27. The van der Waals surface area contributed by atoms with Crippen LogP contribution >= 0.6 is 0 Å². The summed E-state index contributed by atoms with van der Waals surface area (Å²) in [6.07, 6.45) is 3.69. The molecule has 0 bridgehead atoms. The molecule has 1 heterocycles. The molecule has 0 radical (unpaired) electrons. The van der Waals surface area contributed by atoms with Crippen molar-refractivity contribution in [2.45, 2.75) is 52.5 Å². The Hall–Kier alpha value is -0.610. The predicted molar refractivity (Wildman–Crippen MR) is 80.0 cm³/mol. The van der Waals surface area contributed by atoms with Crippen LogP contribution in [0.5, 0.6) is 0 Å². The number of hydrogen-bond acceptors (Lipinski definition) is 3. The van der Waals surface area contributed by atoms with Gasteiger partial charge < -0.3 is 10.6 Å². The third-order valence-corrected chi connectivity index (χ3v) is 4.44. The van der Waals surface area contributed by atoms with Crippen molar-refractivity contribution in [2.24, 2.45) is 11.1 Å². The maximum Gasteiger partial charge on any atom is 0.222 e. The van der Waals surface area contributed by atoms with Crippen molar-refractivity contribution in [1.29, 1.82) is 0 Å². The highest BCUT2D eigenvalue weighted by Crippen LogP contribution is 2.26. The first-order valence-corrected chi connectivity index (χ1v) is 7.57. The number of carbonyl (C=O) groups excluding carboxylic acids is 1. The molecule has 0 spiro atoms. The molecule has 0 aromatic rings.